The summed E-state index contributed by atoms with van der Waals surface area (Å²) in [4.78, 5) is 28.1. The number of nitrogens with one attached hydrogen (secondary N) is 1. The van der Waals surface area contributed by atoms with Crippen molar-refractivity contribution in [1.29, 1.82) is 0 Å². The van der Waals surface area contributed by atoms with Crippen LogP contribution in [0.25, 0.3) is 0 Å². The fourth-order valence-corrected chi connectivity index (χ4v) is 4.22. The van der Waals surface area contributed by atoms with Gasteiger partial charge in [-0.2, -0.15) is 0 Å². The molecule has 5 nitrogen and oxygen atoms in total. The number of aliphatic hydroxyl groups excluding tert-OH is 1. The lowest BCUT2D eigenvalue weighted by molar-refractivity contribution is 0.0755. The van der Waals surface area contributed by atoms with Crippen molar-refractivity contribution < 1.29 is 14.7 Å². The number of amides is 2. The van der Waals surface area contributed by atoms with Crippen LogP contribution in [0.4, 0.5) is 0 Å². The molecule has 33 heavy (non-hydrogen) atoms. The van der Waals surface area contributed by atoms with Crippen molar-refractivity contribution in [3.63, 3.8) is 0 Å². The Balaban J connectivity index is 2.20. The maximum atomic E-state index is 13.2. The average Bonchev–Trinajstić information content (AvgIpc) is 2.83. The van der Waals surface area contributed by atoms with Gasteiger partial charge in [0.1, 0.15) is 0 Å². The van der Waals surface area contributed by atoms with Crippen LogP contribution in [-0.2, 0) is 6.42 Å². The lowest BCUT2D eigenvalue weighted by Gasteiger charge is -2.27. The van der Waals surface area contributed by atoms with Crippen LogP contribution in [0, 0.1) is 11.8 Å². The monoisotopic (exact) mass is 452 g/mol. The highest BCUT2D eigenvalue weighted by Gasteiger charge is 2.23. The molecule has 0 aliphatic heterocycles. The Kier molecular flexibility index (Phi) is 11.1. The highest BCUT2D eigenvalue weighted by Crippen LogP contribution is 2.20. The van der Waals surface area contributed by atoms with E-state index in [1.807, 2.05) is 30.0 Å². The first-order valence-electron chi connectivity index (χ1n) is 12.2. The van der Waals surface area contributed by atoms with E-state index in [9.17, 15) is 14.7 Å². The molecule has 0 heterocycles. The lowest BCUT2D eigenvalue weighted by Crippen LogP contribution is -2.41. The van der Waals surface area contributed by atoms with Crippen molar-refractivity contribution >= 4 is 11.8 Å². The molecule has 0 aliphatic carbocycles. The van der Waals surface area contributed by atoms with Crippen LogP contribution in [-0.4, -0.2) is 47.6 Å². The third kappa shape index (κ3) is 8.32. The molecule has 0 fully saturated rings. The van der Waals surface area contributed by atoms with Gasteiger partial charge in [0.2, 0.25) is 0 Å². The highest BCUT2D eigenvalue weighted by molar-refractivity contribution is 5.99. The number of hydrogen-bond donors (Lipinski definition) is 2. The molecule has 0 unspecified atom stereocenters. The quantitative estimate of drug-likeness (QED) is 0.452. The van der Waals surface area contributed by atoms with E-state index >= 15 is 0 Å². The van der Waals surface area contributed by atoms with Crippen LogP contribution >= 0.6 is 0 Å². The molecule has 0 spiro atoms. The van der Waals surface area contributed by atoms with Gasteiger partial charge >= 0.3 is 0 Å². The maximum absolute atomic E-state index is 13.2. The number of nitrogens with zero attached hydrogens (tertiary/aromatic N) is 1. The molecule has 0 saturated carbocycles. The smallest absolute Gasteiger partial charge is 0.253 e. The Bertz CT molecular complexity index is 862. The lowest BCUT2D eigenvalue weighted by atomic mass is 9.87. The molecule has 0 bridgehead atoms. The first kappa shape index (κ1) is 26.6. The Morgan fingerprint density at radius 3 is 2.18 bits per heavy atom. The molecule has 0 aliphatic rings. The van der Waals surface area contributed by atoms with Crippen LogP contribution in [0.15, 0.2) is 54.6 Å². The van der Waals surface area contributed by atoms with E-state index in [2.05, 4.69) is 38.2 Å². The van der Waals surface area contributed by atoms with Gasteiger partial charge < -0.3 is 15.3 Å². The summed E-state index contributed by atoms with van der Waals surface area (Å²) in [5.41, 5.74) is 2.20. The van der Waals surface area contributed by atoms with Gasteiger partial charge in [0.15, 0.2) is 0 Å². The standard InChI is InChI=1S/C28H40N2O3/c1-5-15-30(16-6-2)28(33)25-14-10-13-24(19-25)27(32)29-26(22(4)17-21(3)20-31)18-23-11-8-7-9-12-23/h7-14,19,21-22,26,31H,5-6,15-18,20H2,1-4H3,(H,29,32)/t21-,22+,26+/m1/s1. The summed E-state index contributed by atoms with van der Waals surface area (Å²) in [5.74, 6) is 0.149. The first-order chi connectivity index (χ1) is 15.9. The number of rotatable bonds is 13. The normalized spacial score (nSPS) is 13.7. The minimum Gasteiger partial charge on any atom is -0.396 e. The van der Waals surface area contributed by atoms with Gasteiger partial charge in [0.25, 0.3) is 11.8 Å². The molecule has 2 aromatic carbocycles. The summed E-state index contributed by atoms with van der Waals surface area (Å²) in [6, 6.07) is 17.1. The maximum Gasteiger partial charge on any atom is 0.253 e. The largest absolute Gasteiger partial charge is 0.396 e. The zero-order valence-corrected chi connectivity index (χ0v) is 20.6. The van der Waals surface area contributed by atoms with E-state index in [0.717, 1.165) is 24.8 Å². The van der Waals surface area contributed by atoms with Crippen LogP contribution in [0.3, 0.4) is 0 Å². The van der Waals surface area contributed by atoms with E-state index < -0.39 is 0 Å². The van der Waals surface area contributed by atoms with Crippen molar-refractivity contribution in [3.8, 4) is 0 Å². The molecule has 2 rings (SSSR count). The van der Waals surface area contributed by atoms with E-state index in [-0.39, 0.29) is 36.3 Å². The van der Waals surface area contributed by atoms with Gasteiger partial charge in [-0.05, 0) is 61.3 Å². The second-order valence-corrected chi connectivity index (χ2v) is 9.14. The summed E-state index contributed by atoms with van der Waals surface area (Å²) in [7, 11) is 0. The number of carbonyl (C=O) groups excluding carboxylic acids is 2. The molecule has 0 aromatic heterocycles. The van der Waals surface area contributed by atoms with Gasteiger partial charge in [-0.25, -0.2) is 0 Å². The van der Waals surface area contributed by atoms with Crippen LogP contribution in [0.5, 0.6) is 0 Å². The topological polar surface area (TPSA) is 69.6 Å². The molecule has 2 amide bonds. The van der Waals surface area contributed by atoms with E-state index in [1.165, 1.54) is 0 Å². The minimum atomic E-state index is -0.174. The number of aliphatic hydroxyl groups is 1. The fourth-order valence-electron chi connectivity index (χ4n) is 4.22. The molecule has 2 aromatic rings. The SMILES string of the molecule is CCCN(CCC)C(=O)c1cccc(C(=O)N[C@@H](Cc2ccccc2)[C@@H](C)C[C@@H](C)CO)c1. The van der Waals surface area contributed by atoms with Crippen molar-refractivity contribution in [3.05, 3.63) is 71.3 Å². The summed E-state index contributed by atoms with van der Waals surface area (Å²) in [5, 5.41) is 12.7. The number of carbonyl (C=O) groups is 2. The van der Waals surface area contributed by atoms with E-state index in [0.29, 0.717) is 30.6 Å². The van der Waals surface area contributed by atoms with Crippen molar-refractivity contribution in [2.24, 2.45) is 11.8 Å². The number of hydrogen-bond acceptors (Lipinski definition) is 3. The van der Waals surface area contributed by atoms with Gasteiger partial charge in [0, 0.05) is 36.9 Å². The predicted octanol–water partition coefficient (Wildman–Crippen LogP) is 4.94. The van der Waals surface area contributed by atoms with Gasteiger partial charge in [0.05, 0.1) is 0 Å². The molecule has 0 radical (unpaired) electrons. The molecular weight excluding hydrogens is 412 g/mol. The third-order valence-corrected chi connectivity index (χ3v) is 6.03. The average molecular weight is 453 g/mol. The highest BCUT2D eigenvalue weighted by atomic mass is 16.3. The van der Waals surface area contributed by atoms with Crippen molar-refractivity contribution in [2.75, 3.05) is 19.7 Å². The van der Waals surface area contributed by atoms with Gasteiger partial charge in [-0.15, -0.1) is 0 Å². The summed E-state index contributed by atoms with van der Waals surface area (Å²) in [6.07, 6.45) is 3.33. The van der Waals surface area contributed by atoms with Gasteiger partial charge in [-0.3, -0.25) is 9.59 Å². The van der Waals surface area contributed by atoms with Crippen molar-refractivity contribution in [1.82, 2.24) is 10.2 Å². The summed E-state index contributed by atoms with van der Waals surface area (Å²) < 4.78 is 0. The van der Waals surface area contributed by atoms with Crippen LogP contribution < -0.4 is 5.32 Å². The Hall–Kier alpha value is -2.66. The van der Waals surface area contributed by atoms with Crippen LogP contribution in [0.1, 0.15) is 73.2 Å². The van der Waals surface area contributed by atoms with Crippen molar-refractivity contribution in [2.45, 2.75) is 59.4 Å². The fraction of sp³-hybridized carbons (Fsp3) is 0.500. The zero-order valence-electron chi connectivity index (χ0n) is 20.6. The summed E-state index contributed by atoms with van der Waals surface area (Å²) in [6.45, 7) is 9.81. The van der Waals surface area contributed by atoms with Gasteiger partial charge in [-0.1, -0.05) is 64.1 Å². The van der Waals surface area contributed by atoms with E-state index in [4.69, 9.17) is 0 Å². The molecule has 2 N–H and O–H groups in total. The Morgan fingerprint density at radius 1 is 0.939 bits per heavy atom. The Morgan fingerprint density at radius 2 is 1.58 bits per heavy atom. The Labute approximate surface area is 199 Å². The van der Waals surface area contributed by atoms with E-state index in [1.54, 1.807) is 24.3 Å². The second-order valence-electron chi connectivity index (χ2n) is 9.14. The minimum absolute atomic E-state index is 0.0284. The molecule has 3 atom stereocenters. The first-order valence-corrected chi connectivity index (χ1v) is 12.2. The molecule has 0 saturated heterocycles. The zero-order chi connectivity index (χ0) is 24.2. The van der Waals surface area contributed by atoms with Crippen LogP contribution in [0.2, 0.25) is 0 Å². The molecule has 180 valence electrons. The predicted molar refractivity (Wildman–Crippen MR) is 134 cm³/mol. The third-order valence-electron chi connectivity index (χ3n) is 6.03. The number of benzene rings is 2. The summed E-state index contributed by atoms with van der Waals surface area (Å²) >= 11 is 0. The molecule has 5 heteroatoms. The molecular formula is C28H40N2O3. The second kappa shape index (κ2) is 13.8.